The average Bonchev–Trinajstić information content (AvgIpc) is 2.65. The molecule has 7 heteroatoms. The van der Waals surface area contributed by atoms with E-state index < -0.39 is 10.0 Å². The maximum absolute atomic E-state index is 13.0. The highest BCUT2D eigenvalue weighted by atomic mass is 79.9. The molecular formula is C19H23BrN2O3S. The molecule has 1 fully saturated rings. The Morgan fingerprint density at radius 1 is 1.15 bits per heavy atom. The standard InChI is InChI=1S/C19H23BrN2O3S/c1-15-13-17(7-8-18(15)20)26(23,24)21-19(16-5-3-2-4-6-16)14-22-9-11-25-12-10-22/h2-8,13,19,21H,9-12,14H2,1H3/t19-/m1/s1. The van der Waals surface area contributed by atoms with Crippen molar-refractivity contribution in [2.75, 3.05) is 32.8 Å². The van der Waals surface area contributed by atoms with E-state index >= 15 is 0 Å². The van der Waals surface area contributed by atoms with Crippen molar-refractivity contribution in [3.63, 3.8) is 0 Å². The van der Waals surface area contributed by atoms with Crippen LogP contribution in [-0.2, 0) is 14.8 Å². The molecule has 1 aliphatic rings. The summed E-state index contributed by atoms with van der Waals surface area (Å²) in [6.45, 7) is 5.47. The van der Waals surface area contributed by atoms with Gasteiger partial charge in [-0.1, -0.05) is 46.3 Å². The van der Waals surface area contributed by atoms with Crippen LogP contribution in [0.3, 0.4) is 0 Å². The highest BCUT2D eigenvalue weighted by Crippen LogP contribution is 2.23. The lowest BCUT2D eigenvalue weighted by Gasteiger charge is -2.31. The fourth-order valence-electron chi connectivity index (χ4n) is 2.98. The number of halogens is 1. The number of hydrogen-bond donors (Lipinski definition) is 1. The molecule has 1 heterocycles. The number of nitrogens with zero attached hydrogens (tertiary/aromatic N) is 1. The molecular weight excluding hydrogens is 416 g/mol. The third-order valence-electron chi connectivity index (χ3n) is 4.48. The number of rotatable bonds is 6. The molecule has 0 saturated carbocycles. The van der Waals surface area contributed by atoms with E-state index in [1.165, 1.54) is 0 Å². The molecule has 0 spiro atoms. The number of nitrogens with one attached hydrogen (secondary N) is 1. The van der Waals surface area contributed by atoms with Gasteiger partial charge < -0.3 is 4.74 Å². The Hall–Kier alpha value is -1.25. The predicted octanol–water partition coefficient (Wildman–Crippen LogP) is 3.11. The first kappa shape index (κ1) is 19.5. The van der Waals surface area contributed by atoms with Gasteiger partial charge in [0.1, 0.15) is 0 Å². The second-order valence-electron chi connectivity index (χ2n) is 6.41. The summed E-state index contributed by atoms with van der Waals surface area (Å²) in [6.07, 6.45) is 0. The van der Waals surface area contributed by atoms with Crippen LogP contribution in [0, 0.1) is 6.92 Å². The van der Waals surface area contributed by atoms with Gasteiger partial charge in [0.2, 0.25) is 10.0 Å². The quantitative estimate of drug-likeness (QED) is 0.752. The average molecular weight is 439 g/mol. The van der Waals surface area contributed by atoms with E-state index in [2.05, 4.69) is 25.6 Å². The van der Waals surface area contributed by atoms with Gasteiger partial charge in [-0.05, 0) is 36.2 Å². The maximum Gasteiger partial charge on any atom is 0.241 e. The molecule has 140 valence electrons. The topological polar surface area (TPSA) is 58.6 Å². The van der Waals surface area contributed by atoms with Gasteiger partial charge >= 0.3 is 0 Å². The Bertz CT molecular complexity index is 837. The number of ether oxygens (including phenoxy) is 1. The number of aryl methyl sites for hydroxylation is 1. The predicted molar refractivity (Wildman–Crippen MR) is 106 cm³/mol. The fourth-order valence-corrected chi connectivity index (χ4v) is 4.52. The van der Waals surface area contributed by atoms with Crippen molar-refractivity contribution in [3.05, 3.63) is 64.1 Å². The van der Waals surface area contributed by atoms with Crippen LogP contribution in [0.15, 0.2) is 57.9 Å². The number of hydrogen-bond acceptors (Lipinski definition) is 4. The van der Waals surface area contributed by atoms with Gasteiger partial charge in [-0.15, -0.1) is 0 Å². The van der Waals surface area contributed by atoms with Crippen molar-refractivity contribution in [2.24, 2.45) is 0 Å². The van der Waals surface area contributed by atoms with E-state index in [0.717, 1.165) is 28.7 Å². The molecule has 1 saturated heterocycles. The first-order valence-electron chi connectivity index (χ1n) is 8.59. The fraction of sp³-hybridized carbons (Fsp3) is 0.368. The second-order valence-corrected chi connectivity index (χ2v) is 8.98. The molecule has 26 heavy (non-hydrogen) atoms. The molecule has 5 nitrogen and oxygen atoms in total. The summed E-state index contributed by atoms with van der Waals surface area (Å²) in [5, 5.41) is 0. The van der Waals surface area contributed by atoms with E-state index in [4.69, 9.17) is 4.74 Å². The summed E-state index contributed by atoms with van der Waals surface area (Å²) >= 11 is 3.42. The van der Waals surface area contributed by atoms with E-state index in [9.17, 15) is 8.42 Å². The lowest BCUT2D eigenvalue weighted by atomic mass is 10.1. The van der Waals surface area contributed by atoms with Crippen LogP contribution in [0.1, 0.15) is 17.2 Å². The molecule has 2 aromatic carbocycles. The van der Waals surface area contributed by atoms with Gasteiger partial charge in [0.25, 0.3) is 0 Å². The van der Waals surface area contributed by atoms with Crippen molar-refractivity contribution < 1.29 is 13.2 Å². The van der Waals surface area contributed by atoms with Gasteiger partial charge in [-0.25, -0.2) is 13.1 Å². The molecule has 1 aliphatic heterocycles. The maximum atomic E-state index is 13.0. The van der Waals surface area contributed by atoms with Gasteiger partial charge in [0.15, 0.2) is 0 Å². The normalized spacial score (nSPS) is 17.2. The zero-order chi connectivity index (χ0) is 18.6. The van der Waals surface area contributed by atoms with Gasteiger partial charge in [0, 0.05) is 24.1 Å². The van der Waals surface area contributed by atoms with Gasteiger partial charge in [-0.2, -0.15) is 0 Å². The lowest BCUT2D eigenvalue weighted by molar-refractivity contribution is 0.0345. The Balaban J connectivity index is 1.85. The SMILES string of the molecule is Cc1cc(S(=O)(=O)N[C@H](CN2CCOCC2)c2ccccc2)ccc1Br. The molecule has 0 radical (unpaired) electrons. The molecule has 3 rings (SSSR count). The largest absolute Gasteiger partial charge is 0.379 e. The lowest BCUT2D eigenvalue weighted by Crippen LogP contribution is -2.43. The van der Waals surface area contributed by atoms with Crippen molar-refractivity contribution >= 4 is 26.0 Å². The minimum Gasteiger partial charge on any atom is -0.379 e. The Kier molecular flexibility index (Phi) is 6.47. The van der Waals surface area contributed by atoms with E-state index in [-0.39, 0.29) is 10.9 Å². The molecule has 1 atom stereocenters. The van der Waals surface area contributed by atoms with Gasteiger partial charge in [-0.3, -0.25) is 4.90 Å². The molecule has 0 unspecified atom stereocenters. The van der Waals surface area contributed by atoms with Crippen LogP contribution < -0.4 is 4.72 Å². The van der Waals surface area contributed by atoms with Crippen LogP contribution in [0.5, 0.6) is 0 Å². The van der Waals surface area contributed by atoms with Crippen LogP contribution in [-0.4, -0.2) is 46.2 Å². The first-order chi connectivity index (χ1) is 12.5. The summed E-state index contributed by atoms with van der Waals surface area (Å²) in [6, 6.07) is 14.5. The highest BCUT2D eigenvalue weighted by molar-refractivity contribution is 9.10. The minimum absolute atomic E-state index is 0.279. The van der Waals surface area contributed by atoms with Crippen molar-refractivity contribution in [1.82, 2.24) is 9.62 Å². The zero-order valence-electron chi connectivity index (χ0n) is 14.7. The van der Waals surface area contributed by atoms with E-state index in [1.807, 2.05) is 37.3 Å². The summed E-state index contributed by atoms with van der Waals surface area (Å²) in [5.41, 5.74) is 1.84. The van der Waals surface area contributed by atoms with Crippen molar-refractivity contribution in [1.29, 1.82) is 0 Å². The molecule has 0 aromatic heterocycles. The van der Waals surface area contributed by atoms with Crippen molar-refractivity contribution in [3.8, 4) is 0 Å². The monoisotopic (exact) mass is 438 g/mol. The Morgan fingerprint density at radius 2 is 1.85 bits per heavy atom. The zero-order valence-corrected chi connectivity index (χ0v) is 17.1. The minimum atomic E-state index is -3.63. The van der Waals surface area contributed by atoms with E-state index in [1.54, 1.807) is 18.2 Å². The van der Waals surface area contributed by atoms with Crippen LogP contribution in [0.2, 0.25) is 0 Å². The third kappa shape index (κ3) is 4.92. The van der Waals surface area contributed by atoms with Gasteiger partial charge in [0.05, 0.1) is 24.2 Å². The number of morpholine rings is 1. The summed E-state index contributed by atoms with van der Waals surface area (Å²) in [7, 11) is -3.63. The first-order valence-corrected chi connectivity index (χ1v) is 10.9. The number of benzene rings is 2. The summed E-state index contributed by atoms with van der Waals surface area (Å²) in [5.74, 6) is 0. The Morgan fingerprint density at radius 3 is 2.50 bits per heavy atom. The molecule has 2 aromatic rings. The second kappa shape index (κ2) is 8.63. The molecule has 0 amide bonds. The molecule has 1 N–H and O–H groups in total. The molecule has 0 bridgehead atoms. The van der Waals surface area contributed by atoms with Crippen molar-refractivity contribution in [2.45, 2.75) is 17.9 Å². The van der Waals surface area contributed by atoms with Crippen LogP contribution in [0.25, 0.3) is 0 Å². The smallest absolute Gasteiger partial charge is 0.241 e. The Labute approximate surface area is 163 Å². The van der Waals surface area contributed by atoms with Crippen LogP contribution in [0.4, 0.5) is 0 Å². The molecule has 0 aliphatic carbocycles. The third-order valence-corrected chi connectivity index (χ3v) is 6.84. The van der Waals surface area contributed by atoms with E-state index in [0.29, 0.717) is 19.8 Å². The van der Waals surface area contributed by atoms with Crippen LogP contribution >= 0.6 is 15.9 Å². The highest BCUT2D eigenvalue weighted by Gasteiger charge is 2.24. The summed E-state index contributed by atoms with van der Waals surface area (Å²) < 4.78 is 35.1. The number of sulfonamides is 1. The summed E-state index contributed by atoms with van der Waals surface area (Å²) in [4.78, 5) is 2.51.